The predicted molar refractivity (Wildman–Crippen MR) is 131 cm³/mol. The van der Waals surface area contributed by atoms with Gasteiger partial charge in [-0.3, -0.25) is 0 Å². The lowest BCUT2D eigenvalue weighted by Gasteiger charge is -2.20. The third kappa shape index (κ3) is 6.63. The van der Waals surface area contributed by atoms with E-state index >= 15 is 0 Å². The first-order valence-corrected chi connectivity index (χ1v) is 14.2. The van der Waals surface area contributed by atoms with Crippen molar-refractivity contribution in [3.05, 3.63) is 53.7 Å². The Kier molecular flexibility index (Phi) is 8.08. The van der Waals surface area contributed by atoms with Crippen LogP contribution in [0.5, 0.6) is 5.75 Å². The minimum absolute atomic E-state index is 0.00544. The molecule has 0 aliphatic heterocycles. The number of nitrogens with two attached hydrogens (primary N) is 1. The summed E-state index contributed by atoms with van der Waals surface area (Å²) in [5.74, 6) is 0.318. The molecule has 0 bridgehead atoms. The highest BCUT2D eigenvalue weighted by atomic mass is 32.2. The number of hydrogen-bond donors (Lipinski definition) is 3. The van der Waals surface area contributed by atoms with E-state index in [2.05, 4.69) is 15.3 Å². The number of aliphatic hydroxyl groups is 1. The van der Waals surface area contributed by atoms with Crippen LogP contribution in [0, 0.1) is 0 Å². The monoisotopic (exact) mass is 508 g/mol. The minimum Gasteiger partial charge on any atom is -0.497 e. The lowest BCUT2D eigenvalue weighted by molar-refractivity contribution is 0.288. The zero-order valence-corrected chi connectivity index (χ0v) is 20.6. The summed E-state index contributed by atoms with van der Waals surface area (Å²) >= 11 is 0. The molecular weight excluding hydrogens is 480 g/mol. The molecule has 10 nitrogen and oxygen atoms in total. The third-order valence-electron chi connectivity index (χ3n) is 5.22. The molecule has 3 aromatic rings. The van der Waals surface area contributed by atoms with Gasteiger partial charge in [0, 0.05) is 24.6 Å². The summed E-state index contributed by atoms with van der Waals surface area (Å²) in [6.07, 6.45) is 1.83. The molecule has 0 aliphatic carbocycles. The van der Waals surface area contributed by atoms with Gasteiger partial charge in [0.25, 0.3) is 0 Å². The number of ether oxygens (including phenoxy) is 1. The van der Waals surface area contributed by atoms with E-state index in [0.717, 1.165) is 11.8 Å². The van der Waals surface area contributed by atoms with E-state index in [9.17, 15) is 21.9 Å². The van der Waals surface area contributed by atoms with Gasteiger partial charge >= 0.3 is 0 Å². The first kappa shape index (κ1) is 25.8. The molecule has 0 saturated heterocycles. The molecule has 0 saturated carbocycles. The second kappa shape index (κ2) is 10.6. The molecule has 3 rings (SSSR count). The molecule has 12 heteroatoms. The third-order valence-corrected chi connectivity index (χ3v) is 7.45. The van der Waals surface area contributed by atoms with Crippen LogP contribution in [0.15, 0.2) is 42.5 Å². The van der Waals surface area contributed by atoms with E-state index < -0.39 is 25.1 Å². The molecule has 1 aromatic heterocycles. The quantitative estimate of drug-likeness (QED) is 0.352. The SMILES string of the molecule is COc1ccc(CCCO)c(Nc2nc3ccccc3nc2C(CCS(C)(=O)=O)S(N)(=O)=O)c1. The molecule has 0 fully saturated rings. The lowest BCUT2D eigenvalue weighted by atomic mass is 10.1. The summed E-state index contributed by atoms with van der Waals surface area (Å²) in [6.45, 7) is 0.00544. The normalized spacial score (nSPS) is 13.1. The van der Waals surface area contributed by atoms with Crippen molar-refractivity contribution < 1.29 is 26.7 Å². The number of aromatic nitrogens is 2. The zero-order valence-electron chi connectivity index (χ0n) is 18.9. The highest BCUT2D eigenvalue weighted by Crippen LogP contribution is 2.34. The van der Waals surface area contributed by atoms with Crippen LogP contribution in [0.3, 0.4) is 0 Å². The number of nitrogens with one attached hydrogen (secondary N) is 1. The summed E-state index contributed by atoms with van der Waals surface area (Å²) in [4.78, 5) is 9.12. The smallest absolute Gasteiger partial charge is 0.217 e. The van der Waals surface area contributed by atoms with E-state index in [1.165, 1.54) is 7.11 Å². The van der Waals surface area contributed by atoms with Crippen LogP contribution < -0.4 is 15.2 Å². The van der Waals surface area contributed by atoms with Crippen LogP contribution in [-0.4, -0.2) is 57.6 Å². The largest absolute Gasteiger partial charge is 0.497 e. The average Bonchev–Trinajstić information content (AvgIpc) is 2.76. The number of sulfone groups is 1. The molecule has 1 atom stereocenters. The average molecular weight is 509 g/mol. The molecule has 1 unspecified atom stereocenters. The van der Waals surface area contributed by atoms with Crippen LogP contribution in [-0.2, 0) is 26.3 Å². The number of nitrogens with zero attached hydrogens (tertiary/aromatic N) is 2. The molecule has 4 N–H and O–H groups in total. The van der Waals surface area contributed by atoms with E-state index in [-0.39, 0.29) is 30.3 Å². The molecule has 2 aromatic carbocycles. The van der Waals surface area contributed by atoms with Crippen molar-refractivity contribution in [1.82, 2.24) is 9.97 Å². The minimum atomic E-state index is -4.23. The predicted octanol–water partition coefficient (Wildman–Crippen LogP) is 2.07. The number of benzene rings is 2. The topological polar surface area (TPSA) is 162 Å². The number of anilines is 2. The zero-order chi connectivity index (χ0) is 24.9. The standard InChI is InChI=1S/C22H28N4O6S2/c1-32-16-10-9-15(6-5-12-27)19(14-16)26-22-21(24-17-7-3-4-8-18(17)25-22)20(34(23,30)31)11-13-33(2,28)29/h3-4,7-10,14,20,27H,5-6,11-13H2,1-2H3,(H,25,26)(H2,23,30,31). The van der Waals surface area contributed by atoms with Crippen LogP contribution in [0.25, 0.3) is 11.0 Å². The maximum atomic E-state index is 12.5. The number of aryl methyl sites for hydroxylation is 1. The Hall–Kier alpha value is -2.80. The van der Waals surface area contributed by atoms with Crippen molar-refractivity contribution in [3.63, 3.8) is 0 Å². The molecule has 0 radical (unpaired) electrons. The Labute approximate surface area is 199 Å². The molecule has 0 aliphatic rings. The van der Waals surface area contributed by atoms with Crippen molar-refractivity contribution in [3.8, 4) is 5.75 Å². The number of hydrogen-bond acceptors (Lipinski definition) is 9. The first-order chi connectivity index (χ1) is 16.0. The maximum absolute atomic E-state index is 12.5. The van der Waals surface area contributed by atoms with Crippen molar-refractivity contribution >= 4 is 42.4 Å². The fourth-order valence-corrected chi connectivity index (χ4v) is 5.26. The number of methoxy groups -OCH3 is 1. The van der Waals surface area contributed by atoms with Gasteiger partial charge in [0.05, 0.1) is 23.9 Å². The Bertz CT molecular complexity index is 1380. The van der Waals surface area contributed by atoms with Crippen LogP contribution >= 0.6 is 0 Å². The van der Waals surface area contributed by atoms with E-state index in [4.69, 9.17) is 9.88 Å². The van der Waals surface area contributed by atoms with E-state index in [1.807, 2.05) is 6.07 Å². The maximum Gasteiger partial charge on any atom is 0.217 e. The van der Waals surface area contributed by atoms with Gasteiger partial charge < -0.3 is 15.2 Å². The summed E-state index contributed by atoms with van der Waals surface area (Å²) in [6, 6.07) is 12.3. The van der Waals surface area contributed by atoms with Crippen molar-refractivity contribution in [2.75, 3.05) is 31.0 Å². The van der Waals surface area contributed by atoms with Crippen LogP contribution in [0.4, 0.5) is 11.5 Å². The second-order valence-corrected chi connectivity index (χ2v) is 11.9. The highest BCUT2D eigenvalue weighted by Gasteiger charge is 2.30. The fraction of sp³-hybridized carbons (Fsp3) is 0.364. The molecule has 34 heavy (non-hydrogen) atoms. The summed E-state index contributed by atoms with van der Waals surface area (Å²) in [7, 11) is -6.16. The second-order valence-electron chi connectivity index (χ2n) is 7.92. The molecular formula is C22H28N4O6S2. The Morgan fingerprint density at radius 2 is 1.76 bits per heavy atom. The first-order valence-electron chi connectivity index (χ1n) is 10.5. The highest BCUT2D eigenvalue weighted by molar-refractivity contribution is 7.91. The number of aliphatic hydroxyl groups excluding tert-OH is 1. The van der Waals surface area contributed by atoms with Crippen molar-refractivity contribution in [2.45, 2.75) is 24.5 Å². The molecule has 0 amide bonds. The number of sulfonamides is 1. The van der Waals surface area contributed by atoms with Gasteiger partial charge in [0.1, 0.15) is 26.5 Å². The summed E-state index contributed by atoms with van der Waals surface area (Å²) < 4.78 is 54.0. The van der Waals surface area contributed by atoms with Gasteiger partial charge in [0.2, 0.25) is 10.0 Å². The van der Waals surface area contributed by atoms with Gasteiger partial charge in [-0.1, -0.05) is 18.2 Å². The molecule has 1 heterocycles. The number of para-hydroxylation sites is 2. The lowest BCUT2D eigenvalue weighted by Crippen LogP contribution is -2.26. The summed E-state index contributed by atoms with van der Waals surface area (Å²) in [5.41, 5.74) is 2.43. The van der Waals surface area contributed by atoms with Gasteiger partial charge in [-0.15, -0.1) is 0 Å². The Balaban J connectivity index is 2.18. The molecule has 184 valence electrons. The Morgan fingerprint density at radius 3 is 2.35 bits per heavy atom. The number of fused-ring (bicyclic) bond motifs is 1. The van der Waals surface area contributed by atoms with Crippen molar-refractivity contribution in [1.29, 1.82) is 0 Å². The molecule has 0 spiro atoms. The number of primary sulfonamides is 1. The number of rotatable bonds is 11. The van der Waals surface area contributed by atoms with E-state index in [0.29, 0.717) is 35.3 Å². The van der Waals surface area contributed by atoms with E-state index in [1.54, 1.807) is 36.4 Å². The van der Waals surface area contributed by atoms with Gasteiger partial charge in [-0.25, -0.2) is 31.9 Å². The van der Waals surface area contributed by atoms with Gasteiger partial charge in [-0.2, -0.15) is 0 Å². The van der Waals surface area contributed by atoms with Crippen LogP contribution in [0.2, 0.25) is 0 Å². The van der Waals surface area contributed by atoms with Gasteiger partial charge in [-0.05, 0) is 43.0 Å². The van der Waals surface area contributed by atoms with Gasteiger partial charge in [0.15, 0.2) is 5.82 Å². The van der Waals surface area contributed by atoms with Crippen molar-refractivity contribution in [2.24, 2.45) is 5.14 Å². The van der Waals surface area contributed by atoms with Crippen LogP contribution in [0.1, 0.15) is 29.3 Å². The summed E-state index contributed by atoms with van der Waals surface area (Å²) in [5, 5.41) is 16.6. The fourth-order valence-electron chi connectivity index (χ4n) is 3.52. The Morgan fingerprint density at radius 1 is 1.09 bits per heavy atom.